The summed E-state index contributed by atoms with van der Waals surface area (Å²) in [6.45, 7) is 0. The van der Waals surface area contributed by atoms with Crippen LogP contribution in [0.4, 0.5) is 11.4 Å². The van der Waals surface area contributed by atoms with E-state index in [1.165, 1.54) is 0 Å². The molecule has 0 aliphatic rings. The molecular formula is C17H15N3O2. The molecule has 0 saturated carbocycles. The molecule has 5 nitrogen and oxygen atoms in total. The number of carbonyl (C=O) groups is 1. The van der Waals surface area contributed by atoms with Gasteiger partial charge in [-0.15, -0.1) is 0 Å². The van der Waals surface area contributed by atoms with Gasteiger partial charge in [-0.1, -0.05) is 24.3 Å². The number of rotatable bonds is 3. The van der Waals surface area contributed by atoms with E-state index >= 15 is 0 Å². The Morgan fingerprint density at radius 2 is 2.00 bits per heavy atom. The highest BCUT2D eigenvalue weighted by Crippen LogP contribution is 2.24. The third-order valence-corrected chi connectivity index (χ3v) is 3.42. The molecule has 0 spiro atoms. The number of methoxy groups -OCH3 is 1. The number of amides is 1. The summed E-state index contributed by atoms with van der Waals surface area (Å²) >= 11 is 0. The Morgan fingerprint density at radius 3 is 2.82 bits per heavy atom. The van der Waals surface area contributed by atoms with Gasteiger partial charge in [-0.05, 0) is 18.2 Å². The van der Waals surface area contributed by atoms with Crippen molar-refractivity contribution < 1.29 is 9.53 Å². The van der Waals surface area contributed by atoms with Crippen molar-refractivity contribution in [1.82, 2.24) is 4.98 Å². The highest BCUT2D eigenvalue weighted by Gasteiger charge is 2.13. The van der Waals surface area contributed by atoms with Crippen molar-refractivity contribution in [2.75, 3.05) is 18.2 Å². The van der Waals surface area contributed by atoms with Crippen molar-refractivity contribution in [2.24, 2.45) is 0 Å². The van der Waals surface area contributed by atoms with Gasteiger partial charge in [0.15, 0.2) is 0 Å². The largest absolute Gasteiger partial charge is 0.497 e. The molecule has 1 aromatic heterocycles. The lowest BCUT2D eigenvalue weighted by Crippen LogP contribution is -2.14. The Morgan fingerprint density at radius 1 is 1.18 bits per heavy atom. The normalized spacial score (nSPS) is 10.4. The fraction of sp³-hybridized carbons (Fsp3) is 0.0588. The monoisotopic (exact) mass is 293 g/mol. The summed E-state index contributed by atoms with van der Waals surface area (Å²) in [5, 5.41) is 4.74. The molecule has 3 aromatic rings. The van der Waals surface area contributed by atoms with Crippen LogP contribution >= 0.6 is 0 Å². The van der Waals surface area contributed by atoms with Crippen molar-refractivity contribution in [3.8, 4) is 5.75 Å². The van der Waals surface area contributed by atoms with Gasteiger partial charge < -0.3 is 15.8 Å². The minimum absolute atomic E-state index is 0.297. The molecule has 2 aromatic carbocycles. The van der Waals surface area contributed by atoms with Gasteiger partial charge in [0.2, 0.25) is 0 Å². The lowest BCUT2D eigenvalue weighted by molar-refractivity contribution is 0.102. The number of hydrogen-bond donors (Lipinski definition) is 2. The number of anilines is 2. The van der Waals surface area contributed by atoms with E-state index in [0.717, 1.165) is 10.8 Å². The second-order valence-corrected chi connectivity index (χ2v) is 4.82. The molecule has 1 heterocycles. The summed E-state index contributed by atoms with van der Waals surface area (Å²) in [5.41, 5.74) is 7.29. The van der Waals surface area contributed by atoms with E-state index in [2.05, 4.69) is 10.3 Å². The summed E-state index contributed by atoms with van der Waals surface area (Å²) in [4.78, 5) is 16.6. The first-order chi connectivity index (χ1) is 10.7. The molecule has 0 saturated heterocycles. The maximum Gasteiger partial charge on any atom is 0.257 e. The number of nitrogen functional groups attached to an aromatic ring is 1. The number of pyridine rings is 1. The van der Waals surface area contributed by atoms with Crippen molar-refractivity contribution >= 4 is 28.1 Å². The Labute approximate surface area is 127 Å². The summed E-state index contributed by atoms with van der Waals surface area (Å²) in [7, 11) is 1.54. The average Bonchev–Trinajstić information content (AvgIpc) is 2.55. The maximum absolute atomic E-state index is 12.5. The second-order valence-electron chi connectivity index (χ2n) is 4.82. The Hall–Kier alpha value is -3.08. The van der Waals surface area contributed by atoms with Crippen LogP contribution in [0.25, 0.3) is 10.8 Å². The van der Waals surface area contributed by atoms with Crippen LogP contribution in [-0.2, 0) is 0 Å². The van der Waals surface area contributed by atoms with Crippen LogP contribution in [0.3, 0.4) is 0 Å². The van der Waals surface area contributed by atoms with Crippen LogP contribution in [0, 0.1) is 0 Å². The van der Waals surface area contributed by atoms with E-state index < -0.39 is 0 Å². The maximum atomic E-state index is 12.5. The fourth-order valence-electron chi connectivity index (χ4n) is 2.26. The van der Waals surface area contributed by atoms with Crippen molar-refractivity contribution in [3.05, 3.63) is 60.4 Å². The topological polar surface area (TPSA) is 77.2 Å². The van der Waals surface area contributed by atoms with E-state index in [1.54, 1.807) is 37.7 Å². The van der Waals surface area contributed by atoms with Gasteiger partial charge in [0.05, 0.1) is 24.6 Å². The third kappa shape index (κ3) is 2.56. The molecule has 110 valence electrons. The van der Waals surface area contributed by atoms with Gasteiger partial charge in [0, 0.05) is 22.7 Å². The lowest BCUT2D eigenvalue weighted by atomic mass is 10.1. The number of nitrogens with one attached hydrogen (secondary N) is 1. The minimum Gasteiger partial charge on any atom is -0.497 e. The van der Waals surface area contributed by atoms with Crippen molar-refractivity contribution in [3.63, 3.8) is 0 Å². The van der Waals surface area contributed by atoms with Crippen LogP contribution < -0.4 is 15.8 Å². The van der Waals surface area contributed by atoms with Crippen molar-refractivity contribution in [2.45, 2.75) is 0 Å². The quantitative estimate of drug-likeness (QED) is 0.727. The van der Waals surface area contributed by atoms with Gasteiger partial charge in [-0.3, -0.25) is 9.78 Å². The Kier molecular flexibility index (Phi) is 3.62. The fourth-order valence-corrected chi connectivity index (χ4v) is 2.26. The van der Waals surface area contributed by atoms with Gasteiger partial charge in [-0.25, -0.2) is 0 Å². The first kappa shape index (κ1) is 13.9. The molecule has 0 unspecified atom stereocenters. The molecule has 1 amide bonds. The zero-order valence-electron chi connectivity index (χ0n) is 12.0. The number of hydrogen-bond acceptors (Lipinski definition) is 4. The first-order valence-electron chi connectivity index (χ1n) is 6.76. The van der Waals surface area contributed by atoms with Gasteiger partial charge in [0.25, 0.3) is 5.91 Å². The number of nitrogens with zero attached hydrogens (tertiary/aromatic N) is 1. The Bertz CT molecular complexity index is 841. The van der Waals surface area contributed by atoms with E-state index in [-0.39, 0.29) is 5.91 Å². The van der Waals surface area contributed by atoms with Crippen LogP contribution in [0.2, 0.25) is 0 Å². The van der Waals surface area contributed by atoms with E-state index in [9.17, 15) is 4.79 Å². The smallest absolute Gasteiger partial charge is 0.257 e. The summed E-state index contributed by atoms with van der Waals surface area (Å²) in [6, 6.07) is 12.7. The molecule has 22 heavy (non-hydrogen) atoms. The standard InChI is InChI=1S/C17H15N3O2/c1-22-12-6-7-15(18)14(8-12)17(21)20-16-10-19-9-11-4-2-3-5-13(11)16/h2-10H,18H2,1H3,(H,20,21). The average molecular weight is 293 g/mol. The molecule has 0 fully saturated rings. The molecular weight excluding hydrogens is 278 g/mol. The predicted octanol–water partition coefficient (Wildman–Crippen LogP) is 3.08. The SMILES string of the molecule is COc1ccc(N)c(C(=O)Nc2cncc3ccccc23)c1. The Balaban J connectivity index is 1.97. The number of carbonyl (C=O) groups excluding carboxylic acids is 1. The molecule has 3 N–H and O–H groups in total. The lowest BCUT2D eigenvalue weighted by Gasteiger charge is -2.10. The molecule has 3 rings (SSSR count). The second kappa shape index (κ2) is 5.73. The number of aromatic nitrogens is 1. The van der Waals surface area contributed by atoms with Crippen molar-refractivity contribution in [1.29, 1.82) is 0 Å². The number of fused-ring (bicyclic) bond motifs is 1. The first-order valence-corrected chi connectivity index (χ1v) is 6.76. The van der Waals surface area contributed by atoms with Crippen LogP contribution in [-0.4, -0.2) is 18.0 Å². The molecule has 0 bridgehead atoms. The van der Waals surface area contributed by atoms with E-state index in [4.69, 9.17) is 10.5 Å². The number of nitrogens with two attached hydrogens (primary N) is 1. The van der Waals surface area contributed by atoms with E-state index in [0.29, 0.717) is 22.7 Å². The van der Waals surface area contributed by atoms with Gasteiger partial charge >= 0.3 is 0 Å². The zero-order chi connectivity index (χ0) is 15.5. The summed E-state index contributed by atoms with van der Waals surface area (Å²) < 4.78 is 5.13. The zero-order valence-corrected chi connectivity index (χ0v) is 12.0. The highest BCUT2D eigenvalue weighted by molar-refractivity contribution is 6.11. The third-order valence-electron chi connectivity index (χ3n) is 3.42. The molecule has 0 atom stereocenters. The summed E-state index contributed by atoms with van der Waals surface area (Å²) in [5.74, 6) is 0.282. The van der Waals surface area contributed by atoms with Crippen LogP contribution in [0.5, 0.6) is 5.75 Å². The van der Waals surface area contributed by atoms with Gasteiger partial charge in [-0.2, -0.15) is 0 Å². The molecule has 0 radical (unpaired) electrons. The summed E-state index contributed by atoms with van der Waals surface area (Å²) in [6.07, 6.45) is 3.38. The number of ether oxygens (including phenoxy) is 1. The molecule has 0 aliphatic heterocycles. The molecule has 0 aliphatic carbocycles. The van der Waals surface area contributed by atoms with Crippen LogP contribution in [0.15, 0.2) is 54.9 Å². The predicted molar refractivity (Wildman–Crippen MR) is 87.1 cm³/mol. The van der Waals surface area contributed by atoms with E-state index in [1.807, 2.05) is 24.3 Å². The molecule has 5 heteroatoms. The minimum atomic E-state index is -0.297. The highest BCUT2D eigenvalue weighted by atomic mass is 16.5. The van der Waals surface area contributed by atoms with Crippen LogP contribution in [0.1, 0.15) is 10.4 Å². The number of benzene rings is 2. The van der Waals surface area contributed by atoms with Gasteiger partial charge in [0.1, 0.15) is 5.75 Å².